The summed E-state index contributed by atoms with van der Waals surface area (Å²) in [5.41, 5.74) is -0.634. The van der Waals surface area contributed by atoms with Crippen LogP contribution < -0.4 is 0 Å². The van der Waals surface area contributed by atoms with Crippen molar-refractivity contribution in [1.82, 2.24) is 9.80 Å². The van der Waals surface area contributed by atoms with Gasteiger partial charge in [0.15, 0.2) is 11.3 Å². The maximum Gasteiger partial charge on any atom is 0.222 e. The minimum Gasteiger partial charge on any atom is -0.339 e. The lowest BCUT2D eigenvalue weighted by Gasteiger charge is -2.35. The van der Waals surface area contributed by atoms with E-state index in [4.69, 9.17) is 0 Å². The Morgan fingerprint density at radius 3 is 1.36 bits per heavy atom. The van der Waals surface area contributed by atoms with Crippen LogP contribution in [-0.2, 0) is 9.59 Å². The Bertz CT molecular complexity index is 475. The van der Waals surface area contributed by atoms with Gasteiger partial charge in [-0.2, -0.15) is 20.5 Å². The van der Waals surface area contributed by atoms with Crippen LogP contribution in [0.4, 0.5) is 0 Å². The number of piperazine rings is 1. The second-order valence-electron chi connectivity index (χ2n) is 6.60. The first-order chi connectivity index (χ1) is 10.4. The van der Waals surface area contributed by atoms with Gasteiger partial charge in [-0.3, -0.25) is 9.59 Å². The summed E-state index contributed by atoms with van der Waals surface area (Å²) in [5.74, 6) is 0.266. The summed E-state index contributed by atoms with van der Waals surface area (Å²) in [5, 5.41) is 15.7. The number of rotatable bonds is 6. The third-order valence-corrected chi connectivity index (χ3v) is 4.49. The molecule has 0 saturated carbocycles. The van der Waals surface area contributed by atoms with Crippen molar-refractivity contribution in [2.24, 2.45) is 20.5 Å². The quantitative estimate of drug-likeness (QED) is 0.745. The van der Waals surface area contributed by atoms with Gasteiger partial charge in [0.25, 0.3) is 0 Å². The summed E-state index contributed by atoms with van der Waals surface area (Å²) in [6.07, 6.45) is 2.30. The van der Waals surface area contributed by atoms with Crippen LogP contribution in [0.15, 0.2) is 20.5 Å². The fourth-order valence-corrected chi connectivity index (χ4v) is 2.58. The number of hydrogen-bond acceptors (Lipinski definition) is 6. The molecule has 3 rings (SSSR count). The highest BCUT2D eigenvalue weighted by Crippen LogP contribution is 2.33. The van der Waals surface area contributed by atoms with E-state index in [1.807, 2.05) is 23.6 Å². The normalized spacial score (nSPS) is 23.5. The Morgan fingerprint density at radius 1 is 0.773 bits per heavy atom. The summed E-state index contributed by atoms with van der Waals surface area (Å²) in [7, 11) is 0. The van der Waals surface area contributed by atoms with Crippen LogP contribution in [0.5, 0.6) is 0 Å². The van der Waals surface area contributed by atoms with Crippen molar-refractivity contribution < 1.29 is 9.59 Å². The Labute approximate surface area is 129 Å². The molecule has 3 aliphatic rings. The van der Waals surface area contributed by atoms with Gasteiger partial charge < -0.3 is 9.80 Å². The molecule has 0 N–H and O–H groups in total. The van der Waals surface area contributed by atoms with Crippen molar-refractivity contribution in [3.05, 3.63) is 0 Å². The van der Waals surface area contributed by atoms with Gasteiger partial charge in [-0.15, -0.1) is 0 Å². The van der Waals surface area contributed by atoms with Crippen LogP contribution in [-0.4, -0.2) is 59.1 Å². The summed E-state index contributed by atoms with van der Waals surface area (Å²) >= 11 is 0. The molecule has 3 heterocycles. The highest BCUT2D eigenvalue weighted by Gasteiger charge is 2.36. The lowest BCUT2D eigenvalue weighted by atomic mass is 10.1. The van der Waals surface area contributed by atoms with E-state index >= 15 is 0 Å². The minimum atomic E-state index is -0.317. The summed E-state index contributed by atoms with van der Waals surface area (Å²) in [6, 6.07) is 0. The molecule has 8 nitrogen and oxygen atoms in total. The number of carbonyl (C=O) groups excluding carboxylic acids is 2. The van der Waals surface area contributed by atoms with Gasteiger partial charge in [-0.05, 0) is 13.8 Å². The van der Waals surface area contributed by atoms with E-state index in [0.29, 0.717) is 51.9 Å². The SMILES string of the molecule is CC1(CCC(=O)N2CCN(C(=O)CCC3(C)N=N3)CC2)N=N1. The van der Waals surface area contributed by atoms with Gasteiger partial charge in [-0.25, -0.2) is 0 Å². The summed E-state index contributed by atoms with van der Waals surface area (Å²) in [4.78, 5) is 27.9. The summed E-state index contributed by atoms with van der Waals surface area (Å²) < 4.78 is 0. The van der Waals surface area contributed by atoms with Crippen LogP contribution in [0.25, 0.3) is 0 Å². The van der Waals surface area contributed by atoms with E-state index in [2.05, 4.69) is 20.5 Å². The molecule has 8 heteroatoms. The molecule has 2 amide bonds. The van der Waals surface area contributed by atoms with Crippen LogP contribution in [0.3, 0.4) is 0 Å². The minimum absolute atomic E-state index is 0.133. The van der Waals surface area contributed by atoms with E-state index in [-0.39, 0.29) is 23.1 Å². The third kappa shape index (κ3) is 3.66. The molecule has 0 radical (unpaired) electrons. The molecule has 0 aromatic carbocycles. The molecule has 3 aliphatic heterocycles. The van der Waals surface area contributed by atoms with E-state index in [1.54, 1.807) is 0 Å². The first-order valence-electron chi connectivity index (χ1n) is 7.83. The first-order valence-corrected chi connectivity index (χ1v) is 7.83. The van der Waals surface area contributed by atoms with Gasteiger partial charge in [0.05, 0.1) is 0 Å². The number of nitrogens with zero attached hydrogens (tertiary/aromatic N) is 6. The van der Waals surface area contributed by atoms with Crippen molar-refractivity contribution in [3.63, 3.8) is 0 Å². The molecule has 120 valence electrons. The van der Waals surface area contributed by atoms with Gasteiger partial charge in [0.2, 0.25) is 11.8 Å². The van der Waals surface area contributed by atoms with Gasteiger partial charge in [0, 0.05) is 51.9 Å². The summed E-state index contributed by atoms with van der Waals surface area (Å²) in [6.45, 7) is 6.30. The second kappa shape index (κ2) is 5.40. The zero-order valence-corrected chi connectivity index (χ0v) is 13.2. The average molecular weight is 306 g/mol. The molecule has 0 spiro atoms. The first kappa shape index (κ1) is 15.1. The molecule has 1 saturated heterocycles. The topological polar surface area (TPSA) is 90.1 Å². The zero-order chi connectivity index (χ0) is 15.8. The second-order valence-corrected chi connectivity index (χ2v) is 6.60. The molecule has 0 atom stereocenters. The van der Waals surface area contributed by atoms with Crippen LogP contribution >= 0.6 is 0 Å². The van der Waals surface area contributed by atoms with Crippen LogP contribution in [0, 0.1) is 0 Å². The van der Waals surface area contributed by atoms with Crippen molar-refractivity contribution in [2.75, 3.05) is 26.2 Å². The maximum atomic E-state index is 12.1. The number of amides is 2. The Kier molecular flexibility index (Phi) is 3.70. The predicted octanol–water partition coefficient (Wildman–Crippen LogP) is 1.58. The number of hydrogen-bond donors (Lipinski definition) is 0. The predicted molar refractivity (Wildman–Crippen MR) is 78.2 cm³/mol. The fourth-order valence-electron chi connectivity index (χ4n) is 2.58. The monoisotopic (exact) mass is 306 g/mol. The van der Waals surface area contributed by atoms with Crippen molar-refractivity contribution >= 4 is 11.8 Å². The zero-order valence-electron chi connectivity index (χ0n) is 13.2. The van der Waals surface area contributed by atoms with E-state index in [0.717, 1.165) is 0 Å². The van der Waals surface area contributed by atoms with Crippen molar-refractivity contribution in [1.29, 1.82) is 0 Å². The Hall–Kier alpha value is -1.86. The van der Waals surface area contributed by atoms with E-state index < -0.39 is 0 Å². The molecule has 22 heavy (non-hydrogen) atoms. The highest BCUT2D eigenvalue weighted by atomic mass is 16.2. The molecular weight excluding hydrogens is 284 g/mol. The van der Waals surface area contributed by atoms with Gasteiger partial charge in [-0.1, -0.05) is 0 Å². The van der Waals surface area contributed by atoms with Crippen LogP contribution in [0.1, 0.15) is 39.5 Å². The fraction of sp³-hybridized carbons (Fsp3) is 0.857. The van der Waals surface area contributed by atoms with E-state index in [9.17, 15) is 9.59 Å². The van der Waals surface area contributed by atoms with Crippen LogP contribution in [0.2, 0.25) is 0 Å². The molecule has 0 aromatic rings. The maximum absolute atomic E-state index is 12.1. The third-order valence-electron chi connectivity index (χ3n) is 4.49. The van der Waals surface area contributed by atoms with Gasteiger partial charge in [0.1, 0.15) is 0 Å². The van der Waals surface area contributed by atoms with Gasteiger partial charge >= 0.3 is 0 Å². The standard InChI is InChI=1S/C14H22N6O2/c1-13(15-16-13)5-3-11(21)19-7-9-20(10-8-19)12(22)4-6-14(2)17-18-14/h3-10H2,1-2H3. The average Bonchev–Trinajstić information content (AvgIpc) is 3.43. The molecule has 0 bridgehead atoms. The lowest BCUT2D eigenvalue weighted by Crippen LogP contribution is -2.50. The van der Waals surface area contributed by atoms with E-state index in [1.165, 1.54) is 0 Å². The molecular formula is C14H22N6O2. The molecule has 0 unspecified atom stereocenters. The molecule has 0 aromatic heterocycles. The van der Waals surface area contributed by atoms with Crippen molar-refractivity contribution in [3.8, 4) is 0 Å². The Morgan fingerprint density at radius 2 is 1.09 bits per heavy atom. The smallest absolute Gasteiger partial charge is 0.222 e. The molecule has 1 fully saturated rings. The lowest BCUT2D eigenvalue weighted by molar-refractivity contribution is -0.139. The Balaban J connectivity index is 1.36. The highest BCUT2D eigenvalue weighted by molar-refractivity contribution is 5.78. The number of carbonyl (C=O) groups is 2. The molecule has 0 aliphatic carbocycles. The van der Waals surface area contributed by atoms with Crippen molar-refractivity contribution in [2.45, 2.75) is 50.9 Å². The largest absolute Gasteiger partial charge is 0.339 e.